The van der Waals surface area contributed by atoms with Crippen molar-refractivity contribution in [1.82, 2.24) is 0 Å². The minimum absolute atomic E-state index is 0.132. The molecule has 0 atom stereocenters. The van der Waals surface area contributed by atoms with Gasteiger partial charge in [0.05, 0.1) is 6.33 Å². The predicted octanol–water partition coefficient (Wildman–Crippen LogP) is 7.56. The van der Waals surface area contributed by atoms with Crippen LogP contribution < -0.4 is 0 Å². The van der Waals surface area contributed by atoms with E-state index in [0.717, 1.165) is 24.2 Å². The second kappa shape index (κ2) is 9.50. The van der Waals surface area contributed by atoms with Crippen LogP contribution in [0, 0.1) is 23.6 Å². The van der Waals surface area contributed by atoms with Crippen molar-refractivity contribution in [3.63, 3.8) is 0 Å². The van der Waals surface area contributed by atoms with Gasteiger partial charge in [-0.15, -0.1) is 0 Å². The minimum Gasteiger partial charge on any atom is -0.216 e. The average Bonchev–Trinajstić information content (AvgIpc) is 2.67. The summed E-state index contributed by atoms with van der Waals surface area (Å²) in [5, 5.41) is 0. The van der Waals surface area contributed by atoms with E-state index >= 15 is 0 Å². The van der Waals surface area contributed by atoms with Crippen LogP contribution in [0.15, 0.2) is 36.7 Å². The molecule has 25 heavy (non-hydrogen) atoms. The molecule has 1 aromatic carbocycles. The van der Waals surface area contributed by atoms with E-state index < -0.39 is 0 Å². The first kappa shape index (κ1) is 18.6. The Morgan fingerprint density at radius 2 is 1.28 bits per heavy atom. The van der Waals surface area contributed by atoms with Crippen LogP contribution in [0.4, 0.5) is 8.78 Å². The Labute approximate surface area is 151 Å². The predicted molar refractivity (Wildman–Crippen MR) is 101 cm³/mol. The van der Waals surface area contributed by atoms with E-state index in [-0.39, 0.29) is 5.82 Å². The Hall–Kier alpha value is -1.18. The summed E-state index contributed by atoms with van der Waals surface area (Å²) in [6, 6.07) is 7.13. The number of rotatable bonds is 6. The normalized spacial score (nSPS) is 30.6. The third-order valence-electron chi connectivity index (χ3n) is 6.70. The maximum Gasteiger partial charge on any atom is 0.123 e. The van der Waals surface area contributed by atoms with E-state index in [4.69, 9.17) is 0 Å². The lowest BCUT2D eigenvalue weighted by molar-refractivity contribution is 0.231. The summed E-state index contributed by atoms with van der Waals surface area (Å²) in [5.74, 6) is 3.02. The maximum absolute atomic E-state index is 13.1. The highest BCUT2D eigenvalue weighted by Gasteiger charge is 2.25. The third kappa shape index (κ3) is 5.66. The number of halogens is 2. The Kier molecular flexibility index (Phi) is 7.07. The van der Waals surface area contributed by atoms with Crippen molar-refractivity contribution in [2.24, 2.45) is 17.8 Å². The quantitative estimate of drug-likeness (QED) is 0.498. The molecule has 138 valence electrons. The number of hydrogen-bond acceptors (Lipinski definition) is 0. The molecule has 0 amide bonds. The molecule has 2 fully saturated rings. The monoisotopic (exact) mass is 346 g/mol. The van der Waals surface area contributed by atoms with E-state index in [1.165, 1.54) is 69.8 Å². The van der Waals surface area contributed by atoms with Crippen molar-refractivity contribution in [2.75, 3.05) is 0 Å². The lowest BCUT2D eigenvalue weighted by Gasteiger charge is -2.32. The van der Waals surface area contributed by atoms with Crippen LogP contribution in [0.2, 0.25) is 0 Å². The Bertz CT molecular complexity index is 518. The van der Waals surface area contributed by atoms with Gasteiger partial charge in [0.1, 0.15) is 5.82 Å². The van der Waals surface area contributed by atoms with Crippen molar-refractivity contribution in [1.29, 1.82) is 0 Å². The summed E-state index contributed by atoms with van der Waals surface area (Å²) in [6.07, 6.45) is 16.5. The van der Waals surface area contributed by atoms with Crippen molar-refractivity contribution >= 4 is 0 Å². The number of benzene rings is 1. The summed E-state index contributed by atoms with van der Waals surface area (Å²) >= 11 is 0. The van der Waals surface area contributed by atoms with E-state index in [1.807, 2.05) is 12.1 Å². The van der Waals surface area contributed by atoms with Gasteiger partial charge in [0, 0.05) is 0 Å². The zero-order valence-corrected chi connectivity index (χ0v) is 15.3. The Morgan fingerprint density at radius 3 is 1.84 bits per heavy atom. The summed E-state index contributed by atoms with van der Waals surface area (Å²) in [4.78, 5) is 0. The first-order chi connectivity index (χ1) is 12.2. The van der Waals surface area contributed by atoms with Crippen molar-refractivity contribution < 1.29 is 8.78 Å². The lowest BCUT2D eigenvalue weighted by Crippen LogP contribution is -2.17. The fourth-order valence-corrected chi connectivity index (χ4v) is 4.99. The van der Waals surface area contributed by atoms with Gasteiger partial charge in [0.25, 0.3) is 0 Å². The van der Waals surface area contributed by atoms with E-state index in [2.05, 4.69) is 0 Å². The zero-order chi connectivity index (χ0) is 17.5. The van der Waals surface area contributed by atoms with Gasteiger partial charge in [-0.3, -0.25) is 0 Å². The van der Waals surface area contributed by atoms with Crippen LogP contribution in [0.3, 0.4) is 0 Å². The zero-order valence-electron chi connectivity index (χ0n) is 15.3. The van der Waals surface area contributed by atoms with Crippen LogP contribution in [0.1, 0.15) is 82.1 Å². The minimum atomic E-state index is -0.132. The molecule has 2 aliphatic rings. The summed E-state index contributed by atoms with van der Waals surface area (Å²) in [7, 11) is 0. The molecule has 0 nitrogen and oxygen atoms in total. The molecule has 0 bridgehead atoms. The number of allylic oxidation sites excluding steroid dienone is 1. The van der Waals surface area contributed by atoms with Gasteiger partial charge in [-0.1, -0.05) is 43.9 Å². The molecule has 0 heterocycles. The van der Waals surface area contributed by atoms with Crippen molar-refractivity contribution in [3.05, 3.63) is 48.1 Å². The highest BCUT2D eigenvalue weighted by Crippen LogP contribution is 2.40. The largest absolute Gasteiger partial charge is 0.216 e. The molecular formula is C23H32F2. The van der Waals surface area contributed by atoms with Crippen LogP contribution in [0.5, 0.6) is 0 Å². The van der Waals surface area contributed by atoms with E-state index in [0.29, 0.717) is 12.2 Å². The molecule has 2 aliphatic carbocycles. The van der Waals surface area contributed by atoms with Crippen molar-refractivity contribution in [3.8, 4) is 0 Å². The van der Waals surface area contributed by atoms with Crippen LogP contribution in [-0.4, -0.2) is 0 Å². The fraction of sp³-hybridized carbons (Fsp3) is 0.652. The first-order valence-electron chi connectivity index (χ1n) is 10.2. The molecule has 0 radical (unpaired) electrons. The lowest BCUT2D eigenvalue weighted by atomic mass is 9.74. The summed E-state index contributed by atoms with van der Waals surface area (Å²) in [5.41, 5.74) is 1.32. The van der Waals surface area contributed by atoms with Crippen LogP contribution in [-0.2, 0) is 0 Å². The molecule has 1 aromatic rings. The second-order valence-electron chi connectivity index (χ2n) is 8.33. The van der Waals surface area contributed by atoms with Gasteiger partial charge in [-0.05, 0) is 86.3 Å². The molecule has 2 heteroatoms. The maximum atomic E-state index is 13.1. The van der Waals surface area contributed by atoms with Crippen LogP contribution >= 0.6 is 0 Å². The molecule has 0 aliphatic heterocycles. The standard InChI is InChI=1S/C23H32F2/c24-17-1-2-18-3-5-19(6-4-18)7-8-20-9-11-21(12-10-20)22-13-15-23(25)16-14-22/h1,13-21H,2-12H2/t18-,19-,20-,21-. The topological polar surface area (TPSA) is 0 Å². The van der Waals surface area contributed by atoms with Gasteiger partial charge in [-0.2, -0.15) is 0 Å². The van der Waals surface area contributed by atoms with E-state index in [1.54, 1.807) is 18.2 Å². The second-order valence-corrected chi connectivity index (χ2v) is 8.33. The van der Waals surface area contributed by atoms with Gasteiger partial charge >= 0.3 is 0 Å². The molecule has 0 saturated heterocycles. The fourth-order valence-electron chi connectivity index (χ4n) is 4.99. The average molecular weight is 347 g/mol. The van der Waals surface area contributed by atoms with Crippen molar-refractivity contribution in [2.45, 2.75) is 76.5 Å². The Morgan fingerprint density at radius 1 is 0.760 bits per heavy atom. The van der Waals surface area contributed by atoms with Gasteiger partial charge in [-0.25, -0.2) is 8.78 Å². The first-order valence-corrected chi connectivity index (χ1v) is 10.2. The molecule has 0 aromatic heterocycles. The molecular weight excluding hydrogens is 314 g/mol. The van der Waals surface area contributed by atoms with Gasteiger partial charge < -0.3 is 0 Å². The summed E-state index contributed by atoms with van der Waals surface area (Å²) in [6.45, 7) is 0. The highest BCUT2D eigenvalue weighted by atomic mass is 19.1. The molecule has 3 rings (SSSR count). The molecule has 0 N–H and O–H groups in total. The smallest absolute Gasteiger partial charge is 0.123 e. The Balaban J connectivity index is 1.34. The molecule has 0 unspecified atom stereocenters. The van der Waals surface area contributed by atoms with Gasteiger partial charge in [0.15, 0.2) is 0 Å². The number of hydrogen-bond donors (Lipinski definition) is 0. The van der Waals surface area contributed by atoms with E-state index in [9.17, 15) is 8.78 Å². The highest BCUT2D eigenvalue weighted by molar-refractivity contribution is 5.20. The third-order valence-corrected chi connectivity index (χ3v) is 6.70. The van der Waals surface area contributed by atoms with Gasteiger partial charge in [0.2, 0.25) is 0 Å². The SMILES string of the molecule is FC=CC[C@H]1CC[C@H](CC[C@H]2CC[C@H](c3ccc(F)cc3)CC2)CC1. The molecule has 2 saturated carbocycles. The van der Waals surface area contributed by atoms with Crippen LogP contribution in [0.25, 0.3) is 0 Å². The summed E-state index contributed by atoms with van der Waals surface area (Å²) < 4.78 is 25.2. The molecule has 0 spiro atoms.